The van der Waals surface area contributed by atoms with Crippen molar-refractivity contribution in [3.63, 3.8) is 0 Å². The molecule has 90 valence electrons. The fourth-order valence-corrected chi connectivity index (χ4v) is 1.54. The SMILES string of the molecule is COc1cc(C(F)F)c(F)c(S(N)(=O)=O)n1. The Bertz CT molecular complexity index is 504. The summed E-state index contributed by atoms with van der Waals surface area (Å²) in [7, 11) is -3.45. The number of ether oxygens (including phenoxy) is 1. The summed E-state index contributed by atoms with van der Waals surface area (Å²) in [5.74, 6) is -2.13. The molecule has 0 atom stereocenters. The molecule has 9 heteroatoms. The van der Waals surface area contributed by atoms with Crippen LogP contribution in [0, 0.1) is 5.82 Å². The van der Waals surface area contributed by atoms with Crippen molar-refractivity contribution in [1.82, 2.24) is 4.98 Å². The molecule has 0 saturated carbocycles. The standard InChI is InChI=1S/C7H7F3N2O3S/c1-15-4-2-3(6(9)10)5(8)7(12-4)16(11,13)14/h2,6H,1H3,(H2,11,13,14). The number of primary sulfonamides is 1. The minimum atomic E-state index is -4.52. The molecular weight excluding hydrogens is 249 g/mol. The molecule has 0 spiro atoms. The second-order valence-electron chi connectivity index (χ2n) is 2.72. The molecule has 5 nitrogen and oxygen atoms in total. The number of halogens is 3. The highest BCUT2D eigenvalue weighted by atomic mass is 32.2. The second kappa shape index (κ2) is 4.26. The summed E-state index contributed by atoms with van der Waals surface area (Å²) in [5.41, 5.74) is -1.13. The van der Waals surface area contributed by atoms with Crippen LogP contribution in [-0.4, -0.2) is 20.5 Å². The van der Waals surface area contributed by atoms with Gasteiger partial charge in [0.15, 0.2) is 5.82 Å². The van der Waals surface area contributed by atoms with Crippen LogP contribution in [0.2, 0.25) is 0 Å². The van der Waals surface area contributed by atoms with E-state index in [1.54, 1.807) is 0 Å². The van der Waals surface area contributed by atoms with Crippen molar-refractivity contribution in [2.24, 2.45) is 5.14 Å². The first-order chi connectivity index (χ1) is 7.27. The van der Waals surface area contributed by atoms with E-state index in [1.165, 1.54) is 0 Å². The highest BCUT2D eigenvalue weighted by Crippen LogP contribution is 2.28. The smallest absolute Gasteiger partial charge is 0.266 e. The van der Waals surface area contributed by atoms with E-state index in [-0.39, 0.29) is 0 Å². The Morgan fingerprint density at radius 1 is 1.50 bits per heavy atom. The summed E-state index contributed by atoms with van der Waals surface area (Å²) < 4.78 is 64.2. The number of alkyl halides is 2. The minimum absolute atomic E-state index is 0.458. The molecule has 1 heterocycles. The molecule has 0 amide bonds. The lowest BCUT2D eigenvalue weighted by Gasteiger charge is -2.08. The summed E-state index contributed by atoms with van der Waals surface area (Å²) in [6.45, 7) is 0. The largest absolute Gasteiger partial charge is 0.481 e. The fourth-order valence-electron chi connectivity index (χ4n) is 0.953. The summed E-state index contributed by atoms with van der Waals surface area (Å²) in [4.78, 5) is 3.16. The van der Waals surface area contributed by atoms with Crippen molar-refractivity contribution >= 4 is 10.0 Å². The van der Waals surface area contributed by atoms with Gasteiger partial charge in [-0.3, -0.25) is 0 Å². The third-order valence-corrected chi connectivity index (χ3v) is 2.46. The van der Waals surface area contributed by atoms with Crippen LogP contribution in [0.15, 0.2) is 11.1 Å². The molecule has 0 unspecified atom stereocenters. The van der Waals surface area contributed by atoms with Crippen LogP contribution >= 0.6 is 0 Å². The molecule has 1 aromatic rings. The van der Waals surface area contributed by atoms with E-state index in [0.29, 0.717) is 6.07 Å². The zero-order valence-electron chi connectivity index (χ0n) is 7.95. The molecule has 0 bridgehead atoms. The Morgan fingerprint density at radius 3 is 2.44 bits per heavy atom. The van der Waals surface area contributed by atoms with Gasteiger partial charge < -0.3 is 4.74 Å². The Labute approximate surface area is 89.1 Å². The van der Waals surface area contributed by atoms with Gasteiger partial charge in [0.05, 0.1) is 12.7 Å². The lowest BCUT2D eigenvalue weighted by molar-refractivity contribution is 0.144. The molecule has 0 fully saturated rings. The van der Waals surface area contributed by atoms with Crippen molar-refractivity contribution in [2.45, 2.75) is 11.5 Å². The average Bonchev–Trinajstić information content (AvgIpc) is 2.15. The van der Waals surface area contributed by atoms with E-state index in [9.17, 15) is 21.6 Å². The first kappa shape index (κ1) is 12.7. The van der Waals surface area contributed by atoms with Gasteiger partial charge in [0, 0.05) is 6.07 Å². The maximum absolute atomic E-state index is 13.3. The van der Waals surface area contributed by atoms with Crippen molar-refractivity contribution in [2.75, 3.05) is 7.11 Å². The van der Waals surface area contributed by atoms with Gasteiger partial charge >= 0.3 is 0 Å². The van der Waals surface area contributed by atoms with Crippen molar-refractivity contribution < 1.29 is 26.3 Å². The Morgan fingerprint density at radius 2 is 2.06 bits per heavy atom. The normalized spacial score (nSPS) is 11.9. The Hall–Kier alpha value is -1.35. The number of sulfonamides is 1. The molecule has 0 radical (unpaired) electrons. The van der Waals surface area contributed by atoms with Gasteiger partial charge in [0.25, 0.3) is 16.4 Å². The van der Waals surface area contributed by atoms with Gasteiger partial charge in [0.2, 0.25) is 10.9 Å². The van der Waals surface area contributed by atoms with E-state index < -0.39 is 38.7 Å². The van der Waals surface area contributed by atoms with Gasteiger partial charge in [-0.1, -0.05) is 0 Å². The number of pyridine rings is 1. The van der Waals surface area contributed by atoms with Crippen LogP contribution in [-0.2, 0) is 10.0 Å². The molecule has 0 aliphatic rings. The van der Waals surface area contributed by atoms with Crippen LogP contribution in [0.4, 0.5) is 13.2 Å². The zero-order chi connectivity index (χ0) is 12.5. The third kappa shape index (κ3) is 2.42. The lowest BCUT2D eigenvalue weighted by Crippen LogP contribution is -2.17. The number of aromatic nitrogens is 1. The average molecular weight is 256 g/mol. The Balaban J connectivity index is 3.56. The van der Waals surface area contributed by atoms with Gasteiger partial charge in [-0.05, 0) is 0 Å². The van der Waals surface area contributed by atoms with Crippen molar-refractivity contribution in [3.8, 4) is 5.88 Å². The summed E-state index contributed by atoms with van der Waals surface area (Å²) >= 11 is 0. The van der Waals surface area contributed by atoms with E-state index >= 15 is 0 Å². The third-order valence-electron chi connectivity index (χ3n) is 1.65. The zero-order valence-corrected chi connectivity index (χ0v) is 8.76. The van der Waals surface area contributed by atoms with Gasteiger partial charge in [-0.25, -0.2) is 26.7 Å². The monoisotopic (exact) mass is 256 g/mol. The molecule has 0 aliphatic carbocycles. The number of hydrogen-bond donors (Lipinski definition) is 1. The van der Waals surface area contributed by atoms with Crippen LogP contribution < -0.4 is 9.88 Å². The maximum atomic E-state index is 13.3. The van der Waals surface area contributed by atoms with Gasteiger partial charge in [-0.2, -0.15) is 4.98 Å². The molecule has 1 aromatic heterocycles. The first-order valence-corrected chi connectivity index (χ1v) is 5.37. The molecule has 0 saturated heterocycles. The lowest BCUT2D eigenvalue weighted by atomic mass is 10.2. The molecule has 1 rings (SSSR count). The summed E-state index contributed by atoms with van der Waals surface area (Å²) in [5, 5.41) is 3.36. The van der Waals surface area contributed by atoms with Crippen LogP contribution in [0.1, 0.15) is 12.0 Å². The van der Waals surface area contributed by atoms with Crippen molar-refractivity contribution in [1.29, 1.82) is 0 Å². The molecule has 0 aromatic carbocycles. The maximum Gasteiger partial charge on any atom is 0.266 e. The van der Waals surface area contributed by atoms with Crippen molar-refractivity contribution in [3.05, 3.63) is 17.4 Å². The van der Waals surface area contributed by atoms with E-state index in [0.717, 1.165) is 7.11 Å². The van der Waals surface area contributed by atoms with Gasteiger partial charge in [0.1, 0.15) is 0 Å². The van der Waals surface area contributed by atoms with Crippen LogP contribution in [0.5, 0.6) is 5.88 Å². The van der Waals surface area contributed by atoms with Crippen LogP contribution in [0.3, 0.4) is 0 Å². The topological polar surface area (TPSA) is 82.3 Å². The number of methoxy groups -OCH3 is 1. The van der Waals surface area contributed by atoms with Gasteiger partial charge in [-0.15, -0.1) is 0 Å². The first-order valence-electron chi connectivity index (χ1n) is 3.82. The number of hydrogen-bond acceptors (Lipinski definition) is 4. The highest BCUT2D eigenvalue weighted by Gasteiger charge is 2.25. The predicted octanol–water partition coefficient (Wildman–Crippen LogP) is 0.814. The highest BCUT2D eigenvalue weighted by molar-refractivity contribution is 7.89. The molecule has 2 N–H and O–H groups in total. The number of rotatable bonds is 3. The minimum Gasteiger partial charge on any atom is -0.481 e. The van der Waals surface area contributed by atoms with E-state index in [2.05, 4.69) is 14.9 Å². The Kier molecular flexibility index (Phi) is 3.38. The quantitative estimate of drug-likeness (QED) is 0.867. The number of nitrogens with two attached hydrogens (primary N) is 1. The molecular formula is C7H7F3N2O3S. The molecule has 0 aliphatic heterocycles. The number of nitrogens with zero attached hydrogens (tertiary/aromatic N) is 1. The van der Waals surface area contributed by atoms with E-state index in [1.807, 2.05) is 0 Å². The molecule has 16 heavy (non-hydrogen) atoms. The second-order valence-corrected chi connectivity index (χ2v) is 4.20. The fraction of sp³-hybridized carbons (Fsp3) is 0.286. The van der Waals surface area contributed by atoms with Crippen LogP contribution in [0.25, 0.3) is 0 Å². The predicted molar refractivity (Wildman–Crippen MR) is 47.1 cm³/mol. The summed E-state index contributed by atoms with van der Waals surface area (Å²) in [6.07, 6.45) is -3.20. The summed E-state index contributed by atoms with van der Waals surface area (Å²) in [6, 6.07) is 0.606. The van der Waals surface area contributed by atoms with E-state index in [4.69, 9.17) is 0 Å².